The number of likely N-dealkylation sites (N-methyl/N-ethyl adjacent to an activating group) is 1. The minimum atomic E-state index is -3.23. The van der Waals surface area contributed by atoms with Crippen LogP contribution in [0.5, 0.6) is 0 Å². The van der Waals surface area contributed by atoms with Gasteiger partial charge in [-0.25, -0.2) is 8.42 Å². The summed E-state index contributed by atoms with van der Waals surface area (Å²) in [5.41, 5.74) is 1.60. The van der Waals surface area contributed by atoms with Crippen LogP contribution in [0.15, 0.2) is 36.5 Å². The van der Waals surface area contributed by atoms with Crippen molar-refractivity contribution in [2.45, 2.75) is 30.7 Å². The Balaban J connectivity index is 1.73. The molecule has 1 aromatic heterocycles. The summed E-state index contributed by atoms with van der Waals surface area (Å²) in [6.45, 7) is 0.720. The van der Waals surface area contributed by atoms with Crippen LogP contribution in [-0.4, -0.2) is 45.0 Å². The molecule has 0 amide bonds. The minimum absolute atomic E-state index is 0.00966. The molecule has 0 saturated carbocycles. The first-order chi connectivity index (χ1) is 11.1. The molecule has 1 aliphatic heterocycles. The highest BCUT2D eigenvalue weighted by Gasteiger charge is 2.29. The highest BCUT2D eigenvalue weighted by atomic mass is 32.2. The smallest absolute Gasteiger partial charge is 0.156 e. The molecule has 2 heterocycles. The predicted octanol–water partition coefficient (Wildman–Crippen LogP) is 1.92. The maximum atomic E-state index is 12.5. The molecule has 0 aliphatic carbocycles. The lowest BCUT2D eigenvalue weighted by Crippen LogP contribution is -2.43. The number of hydrogen-bond acceptors (Lipinski definition) is 5. The Morgan fingerprint density at radius 3 is 2.96 bits per heavy atom. The van der Waals surface area contributed by atoms with E-state index in [1.807, 2.05) is 30.3 Å². The van der Waals surface area contributed by atoms with Gasteiger partial charge in [-0.2, -0.15) is 0 Å². The van der Waals surface area contributed by atoms with Gasteiger partial charge in [-0.05, 0) is 37.6 Å². The van der Waals surface area contributed by atoms with E-state index in [1.54, 1.807) is 13.2 Å². The zero-order chi connectivity index (χ0) is 16.3. The first kappa shape index (κ1) is 16.4. The van der Waals surface area contributed by atoms with Gasteiger partial charge in [0.2, 0.25) is 0 Å². The van der Waals surface area contributed by atoms with Gasteiger partial charge < -0.3 is 10.1 Å². The van der Waals surface area contributed by atoms with E-state index < -0.39 is 9.84 Å². The van der Waals surface area contributed by atoms with Crippen LogP contribution in [-0.2, 0) is 20.3 Å². The van der Waals surface area contributed by atoms with Crippen molar-refractivity contribution in [1.29, 1.82) is 0 Å². The number of fused-ring (bicyclic) bond motifs is 1. The highest BCUT2D eigenvalue weighted by molar-refractivity contribution is 7.90. The first-order valence-corrected chi connectivity index (χ1v) is 9.72. The van der Waals surface area contributed by atoms with Crippen LogP contribution in [0, 0.1) is 0 Å². The lowest BCUT2D eigenvalue weighted by atomic mass is 10.1. The number of nitrogens with one attached hydrogen (secondary N) is 1. The standard InChI is InChI=1S/C17H22N2O3S/c1-18-16(17-7-4-8-22-17)12-23(20,21)11-13-9-14-5-2-3-6-15(14)19-10-13/h2-3,5-6,9-10,16-18H,4,7-8,11-12H2,1H3. The number of benzene rings is 1. The van der Waals surface area contributed by atoms with Crippen LogP contribution in [0.3, 0.4) is 0 Å². The third-order valence-corrected chi connectivity index (χ3v) is 5.89. The lowest BCUT2D eigenvalue weighted by Gasteiger charge is -2.22. The maximum absolute atomic E-state index is 12.5. The van der Waals surface area contributed by atoms with Crippen LogP contribution >= 0.6 is 0 Å². The molecule has 5 nitrogen and oxygen atoms in total. The van der Waals surface area contributed by atoms with Gasteiger partial charge in [0.05, 0.1) is 23.1 Å². The van der Waals surface area contributed by atoms with Gasteiger partial charge in [-0.3, -0.25) is 4.98 Å². The van der Waals surface area contributed by atoms with Gasteiger partial charge in [0.25, 0.3) is 0 Å². The molecule has 0 spiro atoms. The topological polar surface area (TPSA) is 68.3 Å². The Labute approximate surface area is 137 Å². The molecule has 1 saturated heterocycles. The molecule has 6 heteroatoms. The van der Waals surface area contributed by atoms with E-state index in [-0.39, 0.29) is 23.7 Å². The number of hydrogen-bond donors (Lipinski definition) is 1. The Kier molecular flexibility index (Phi) is 4.94. The van der Waals surface area contributed by atoms with E-state index in [9.17, 15) is 8.42 Å². The third kappa shape index (κ3) is 4.07. The Morgan fingerprint density at radius 1 is 1.39 bits per heavy atom. The average molecular weight is 334 g/mol. The van der Waals surface area contributed by atoms with Crippen LogP contribution in [0.1, 0.15) is 18.4 Å². The minimum Gasteiger partial charge on any atom is -0.377 e. The third-order valence-electron chi connectivity index (χ3n) is 4.25. The van der Waals surface area contributed by atoms with Gasteiger partial charge in [0, 0.05) is 24.2 Å². The van der Waals surface area contributed by atoms with E-state index in [1.165, 1.54) is 0 Å². The number of rotatable bonds is 6. The summed E-state index contributed by atoms with van der Waals surface area (Å²) >= 11 is 0. The molecule has 23 heavy (non-hydrogen) atoms. The molecule has 1 N–H and O–H groups in total. The van der Waals surface area contributed by atoms with E-state index in [2.05, 4.69) is 10.3 Å². The Morgan fingerprint density at radius 2 is 2.22 bits per heavy atom. The molecule has 0 bridgehead atoms. The fraction of sp³-hybridized carbons (Fsp3) is 0.471. The quantitative estimate of drug-likeness (QED) is 0.874. The van der Waals surface area contributed by atoms with Crippen molar-refractivity contribution in [3.8, 4) is 0 Å². The number of ether oxygens (including phenoxy) is 1. The molecular weight excluding hydrogens is 312 g/mol. The van der Waals surface area contributed by atoms with Crippen molar-refractivity contribution >= 4 is 20.7 Å². The molecule has 2 unspecified atom stereocenters. The highest BCUT2D eigenvalue weighted by Crippen LogP contribution is 2.19. The summed E-state index contributed by atoms with van der Waals surface area (Å²) in [7, 11) is -1.44. The van der Waals surface area contributed by atoms with Crippen LogP contribution in [0.4, 0.5) is 0 Å². The van der Waals surface area contributed by atoms with Crippen LogP contribution in [0.25, 0.3) is 10.9 Å². The fourth-order valence-electron chi connectivity index (χ4n) is 3.08. The van der Waals surface area contributed by atoms with Crippen molar-refractivity contribution in [1.82, 2.24) is 10.3 Å². The average Bonchev–Trinajstić information content (AvgIpc) is 3.06. The molecule has 1 fully saturated rings. The summed E-state index contributed by atoms with van der Waals surface area (Å²) in [5.74, 6) is 0.0940. The van der Waals surface area contributed by atoms with Crippen molar-refractivity contribution < 1.29 is 13.2 Å². The molecule has 2 aromatic rings. The summed E-state index contributed by atoms with van der Waals surface area (Å²) in [4.78, 5) is 4.34. The summed E-state index contributed by atoms with van der Waals surface area (Å²) < 4.78 is 30.7. The SMILES string of the molecule is CNC(CS(=O)(=O)Cc1cnc2ccccc2c1)C1CCCO1. The van der Waals surface area contributed by atoms with Gasteiger partial charge >= 0.3 is 0 Å². The van der Waals surface area contributed by atoms with Crippen molar-refractivity contribution in [2.24, 2.45) is 0 Å². The zero-order valence-corrected chi connectivity index (χ0v) is 14.1. The number of para-hydroxylation sites is 1. The molecule has 1 aromatic carbocycles. The second-order valence-corrected chi connectivity index (χ2v) is 8.15. The monoisotopic (exact) mass is 334 g/mol. The van der Waals surface area contributed by atoms with Crippen LogP contribution < -0.4 is 5.32 Å². The van der Waals surface area contributed by atoms with E-state index >= 15 is 0 Å². The van der Waals surface area contributed by atoms with E-state index in [0.29, 0.717) is 0 Å². The summed E-state index contributed by atoms with van der Waals surface area (Å²) in [6, 6.07) is 9.46. The van der Waals surface area contributed by atoms with Crippen molar-refractivity contribution in [2.75, 3.05) is 19.4 Å². The van der Waals surface area contributed by atoms with Gasteiger partial charge in [0.15, 0.2) is 9.84 Å². The lowest BCUT2D eigenvalue weighted by molar-refractivity contribution is 0.0869. The molecule has 3 rings (SSSR count). The maximum Gasteiger partial charge on any atom is 0.156 e. The van der Waals surface area contributed by atoms with E-state index in [4.69, 9.17) is 4.74 Å². The molecule has 2 atom stereocenters. The van der Waals surface area contributed by atoms with Crippen molar-refractivity contribution in [3.05, 3.63) is 42.1 Å². The van der Waals surface area contributed by atoms with Crippen molar-refractivity contribution in [3.63, 3.8) is 0 Å². The second kappa shape index (κ2) is 6.95. The predicted molar refractivity (Wildman–Crippen MR) is 91.1 cm³/mol. The fourth-order valence-corrected chi connectivity index (χ4v) is 4.79. The summed E-state index contributed by atoms with van der Waals surface area (Å²) in [5, 5.41) is 4.06. The number of nitrogens with zero attached hydrogens (tertiary/aromatic N) is 1. The normalized spacial score (nSPS) is 20.0. The number of pyridine rings is 1. The second-order valence-electron chi connectivity index (χ2n) is 6.04. The zero-order valence-electron chi connectivity index (χ0n) is 13.2. The van der Waals surface area contributed by atoms with E-state index in [0.717, 1.165) is 35.9 Å². The Hall–Kier alpha value is -1.50. The van der Waals surface area contributed by atoms with Gasteiger partial charge in [0.1, 0.15) is 0 Å². The van der Waals surface area contributed by atoms with Crippen LogP contribution in [0.2, 0.25) is 0 Å². The molecule has 0 radical (unpaired) electrons. The Bertz CT molecular complexity index is 770. The number of sulfone groups is 1. The first-order valence-electron chi connectivity index (χ1n) is 7.90. The van der Waals surface area contributed by atoms with Gasteiger partial charge in [-0.15, -0.1) is 0 Å². The largest absolute Gasteiger partial charge is 0.377 e. The van der Waals surface area contributed by atoms with Gasteiger partial charge in [-0.1, -0.05) is 18.2 Å². The number of aromatic nitrogens is 1. The molecular formula is C17H22N2O3S. The molecule has 1 aliphatic rings. The summed E-state index contributed by atoms with van der Waals surface area (Å²) in [6.07, 6.45) is 3.56. The molecule has 124 valence electrons.